The van der Waals surface area contributed by atoms with Crippen molar-refractivity contribution in [2.45, 2.75) is 66.5 Å². The van der Waals surface area contributed by atoms with Crippen LogP contribution in [0.15, 0.2) is 36.4 Å². The summed E-state index contributed by atoms with van der Waals surface area (Å²) in [6, 6.07) is 9.86. The number of benzene rings is 2. The van der Waals surface area contributed by atoms with Crippen LogP contribution in [0.3, 0.4) is 0 Å². The summed E-state index contributed by atoms with van der Waals surface area (Å²) in [5.74, 6) is -0.266. The lowest BCUT2D eigenvalue weighted by molar-refractivity contribution is -0.141. The number of anilines is 1. The van der Waals surface area contributed by atoms with Crippen molar-refractivity contribution in [3.8, 4) is 0 Å². The number of amides is 2. The predicted molar refractivity (Wildman–Crippen MR) is 156 cm³/mol. The third kappa shape index (κ3) is 8.89. The van der Waals surface area contributed by atoms with Gasteiger partial charge in [0.2, 0.25) is 21.8 Å². The maximum atomic E-state index is 13.6. The normalized spacial score (nSPS) is 12.3. The van der Waals surface area contributed by atoms with Gasteiger partial charge in [0, 0.05) is 41.7 Å². The lowest BCUT2D eigenvalue weighted by Gasteiger charge is -2.32. The van der Waals surface area contributed by atoms with Crippen LogP contribution >= 0.6 is 23.2 Å². The van der Waals surface area contributed by atoms with Crippen LogP contribution in [0.2, 0.25) is 10.0 Å². The zero-order chi connectivity index (χ0) is 28.6. The molecule has 7 nitrogen and oxygen atoms in total. The van der Waals surface area contributed by atoms with Gasteiger partial charge in [0.1, 0.15) is 6.04 Å². The van der Waals surface area contributed by atoms with Gasteiger partial charge in [-0.1, -0.05) is 56.1 Å². The molecule has 0 aromatic heterocycles. The van der Waals surface area contributed by atoms with Crippen molar-refractivity contribution in [3.05, 3.63) is 63.1 Å². The molecule has 0 heterocycles. The van der Waals surface area contributed by atoms with Crippen LogP contribution < -0.4 is 9.62 Å². The van der Waals surface area contributed by atoms with E-state index in [0.717, 1.165) is 17.4 Å². The van der Waals surface area contributed by atoms with E-state index >= 15 is 0 Å². The largest absolute Gasteiger partial charge is 0.354 e. The molecule has 10 heteroatoms. The summed E-state index contributed by atoms with van der Waals surface area (Å²) in [5.41, 5.74) is 3.16. The van der Waals surface area contributed by atoms with E-state index in [1.165, 1.54) is 9.21 Å². The number of nitrogens with one attached hydrogen (secondary N) is 1. The van der Waals surface area contributed by atoms with Crippen molar-refractivity contribution in [1.29, 1.82) is 0 Å². The first kappa shape index (κ1) is 31.9. The lowest BCUT2D eigenvalue weighted by Crippen LogP contribution is -2.49. The molecular formula is C28H39Cl2N3O4S. The Bertz CT molecular complexity index is 1210. The molecule has 2 rings (SSSR count). The third-order valence-corrected chi connectivity index (χ3v) is 8.29. The van der Waals surface area contributed by atoms with Crippen LogP contribution in [-0.2, 0) is 26.2 Å². The van der Waals surface area contributed by atoms with Gasteiger partial charge in [-0.05, 0) is 68.0 Å². The van der Waals surface area contributed by atoms with E-state index in [2.05, 4.69) is 5.32 Å². The zero-order valence-corrected chi connectivity index (χ0v) is 25.4. The molecule has 1 atom stereocenters. The fourth-order valence-corrected chi connectivity index (χ4v) is 5.55. The Kier molecular flexibility index (Phi) is 11.9. The summed E-state index contributed by atoms with van der Waals surface area (Å²) in [6.07, 6.45) is 1.88. The first-order valence-electron chi connectivity index (χ1n) is 12.8. The Hall–Kier alpha value is -2.29. The Morgan fingerprint density at radius 1 is 1.03 bits per heavy atom. The number of halogens is 2. The lowest BCUT2D eigenvalue weighted by atomic mass is 10.1. The molecule has 0 bridgehead atoms. The molecular weight excluding hydrogens is 545 g/mol. The van der Waals surface area contributed by atoms with Gasteiger partial charge >= 0.3 is 0 Å². The van der Waals surface area contributed by atoms with Crippen molar-refractivity contribution in [2.75, 3.05) is 23.7 Å². The van der Waals surface area contributed by atoms with Gasteiger partial charge in [-0.15, -0.1) is 0 Å². The molecule has 0 unspecified atom stereocenters. The number of aryl methyl sites for hydroxylation is 2. The summed E-state index contributed by atoms with van der Waals surface area (Å²) >= 11 is 12.8. The monoisotopic (exact) mass is 583 g/mol. The molecule has 210 valence electrons. The minimum atomic E-state index is -3.57. The Balaban J connectivity index is 2.28. The maximum Gasteiger partial charge on any atom is 0.242 e. The molecule has 0 saturated heterocycles. The fraction of sp³-hybridized carbons (Fsp3) is 0.500. The number of hydrogen-bond donors (Lipinski definition) is 1. The number of sulfonamides is 1. The first-order valence-corrected chi connectivity index (χ1v) is 15.4. The van der Waals surface area contributed by atoms with E-state index in [1.54, 1.807) is 24.3 Å². The smallest absolute Gasteiger partial charge is 0.242 e. The van der Waals surface area contributed by atoms with Gasteiger partial charge in [0.25, 0.3) is 0 Å². The fourth-order valence-electron chi connectivity index (χ4n) is 4.08. The standard InChI is InChI=1S/C28H39Cl2N3O4S/c1-7-26(28(35)31-17-19(2)3)32(18-23-24(29)10-8-11-25(23)30)27(34)12-9-15-33(38(6,36)37)22-14-13-20(4)21(5)16-22/h8,10-11,13-14,16,19,26H,7,9,12,15,17-18H2,1-6H3,(H,31,35)/t26-/m0/s1. The molecule has 0 radical (unpaired) electrons. The average Bonchev–Trinajstić information content (AvgIpc) is 2.83. The number of hydrogen-bond acceptors (Lipinski definition) is 4. The summed E-state index contributed by atoms with van der Waals surface area (Å²) in [7, 11) is -3.57. The molecule has 2 aromatic carbocycles. The molecule has 0 aliphatic rings. The predicted octanol–water partition coefficient (Wildman–Crippen LogP) is 5.74. The second-order valence-corrected chi connectivity index (χ2v) is 12.7. The molecule has 0 spiro atoms. The maximum absolute atomic E-state index is 13.6. The van der Waals surface area contributed by atoms with E-state index in [9.17, 15) is 18.0 Å². The highest BCUT2D eigenvalue weighted by Crippen LogP contribution is 2.28. The van der Waals surface area contributed by atoms with E-state index < -0.39 is 16.1 Å². The van der Waals surface area contributed by atoms with Crippen LogP contribution in [0.4, 0.5) is 5.69 Å². The van der Waals surface area contributed by atoms with E-state index in [1.807, 2.05) is 46.8 Å². The number of rotatable bonds is 13. The summed E-state index contributed by atoms with van der Waals surface area (Å²) in [5, 5.41) is 3.74. The van der Waals surface area contributed by atoms with Crippen LogP contribution in [-0.4, -0.2) is 50.5 Å². The van der Waals surface area contributed by atoms with Gasteiger partial charge in [-0.2, -0.15) is 0 Å². The van der Waals surface area contributed by atoms with Crippen LogP contribution in [0.1, 0.15) is 56.7 Å². The molecule has 0 aliphatic heterocycles. The van der Waals surface area contributed by atoms with E-state index in [-0.39, 0.29) is 43.7 Å². The second kappa shape index (κ2) is 14.2. The minimum Gasteiger partial charge on any atom is -0.354 e. The minimum absolute atomic E-state index is 0.0485. The number of nitrogens with zero attached hydrogens (tertiary/aromatic N) is 2. The van der Waals surface area contributed by atoms with Crippen LogP contribution in [0.25, 0.3) is 0 Å². The molecule has 0 saturated carbocycles. The SMILES string of the molecule is CC[C@@H](C(=O)NCC(C)C)N(Cc1c(Cl)cccc1Cl)C(=O)CCCN(c1ccc(C)c(C)c1)S(C)(=O)=O. The summed E-state index contributed by atoms with van der Waals surface area (Å²) in [4.78, 5) is 28.2. The molecule has 0 aliphatic carbocycles. The topological polar surface area (TPSA) is 86.8 Å². The van der Waals surface area contributed by atoms with Crippen molar-refractivity contribution in [3.63, 3.8) is 0 Å². The second-order valence-electron chi connectivity index (χ2n) is 9.99. The van der Waals surface area contributed by atoms with E-state index in [0.29, 0.717) is 34.3 Å². The van der Waals surface area contributed by atoms with Gasteiger partial charge in [0.15, 0.2) is 0 Å². The Morgan fingerprint density at radius 3 is 2.18 bits per heavy atom. The Morgan fingerprint density at radius 2 is 1.66 bits per heavy atom. The molecule has 1 N–H and O–H groups in total. The van der Waals surface area contributed by atoms with Gasteiger partial charge in [-0.3, -0.25) is 13.9 Å². The van der Waals surface area contributed by atoms with Crippen LogP contribution in [0, 0.1) is 19.8 Å². The van der Waals surface area contributed by atoms with Crippen molar-refractivity contribution < 1.29 is 18.0 Å². The molecule has 0 fully saturated rings. The highest BCUT2D eigenvalue weighted by atomic mass is 35.5. The van der Waals surface area contributed by atoms with Crippen molar-refractivity contribution >= 4 is 50.7 Å². The third-order valence-electron chi connectivity index (χ3n) is 6.39. The summed E-state index contributed by atoms with van der Waals surface area (Å²) < 4.78 is 26.5. The highest BCUT2D eigenvalue weighted by molar-refractivity contribution is 7.92. The average molecular weight is 585 g/mol. The molecule has 2 aromatic rings. The molecule has 2 amide bonds. The van der Waals surface area contributed by atoms with Crippen molar-refractivity contribution in [1.82, 2.24) is 10.2 Å². The Labute approximate surface area is 237 Å². The van der Waals surface area contributed by atoms with Crippen molar-refractivity contribution in [2.24, 2.45) is 5.92 Å². The molecule has 38 heavy (non-hydrogen) atoms. The number of carbonyl (C=O) groups is 2. The zero-order valence-electron chi connectivity index (χ0n) is 23.1. The summed E-state index contributed by atoms with van der Waals surface area (Å²) in [6.45, 7) is 10.4. The van der Waals surface area contributed by atoms with Gasteiger partial charge in [0.05, 0.1) is 11.9 Å². The first-order chi connectivity index (χ1) is 17.8. The van der Waals surface area contributed by atoms with Gasteiger partial charge < -0.3 is 10.2 Å². The van der Waals surface area contributed by atoms with Crippen LogP contribution in [0.5, 0.6) is 0 Å². The quantitative estimate of drug-likeness (QED) is 0.326. The van der Waals surface area contributed by atoms with Gasteiger partial charge in [-0.25, -0.2) is 8.42 Å². The highest BCUT2D eigenvalue weighted by Gasteiger charge is 2.30. The number of carbonyl (C=O) groups excluding carboxylic acids is 2. The van der Waals surface area contributed by atoms with E-state index in [4.69, 9.17) is 23.2 Å².